The van der Waals surface area contributed by atoms with Crippen LogP contribution in [0.15, 0.2) is 17.3 Å². The molecule has 18 heavy (non-hydrogen) atoms. The number of esters is 1. The summed E-state index contributed by atoms with van der Waals surface area (Å²) in [5.41, 5.74) is 10.6. The van der Waals surface area contributed by atoms with Gasteiger partial charge in [-0.05, 0) is 12.1 Å². The lowest BCUT2D eigenvalue weighted by atomic mass is 10.0. The molecule has 0 amide bonds. The van der Waals surface area contributed by atoms with E-state index < -0.39 is 17.8 Å². The van der Waals surface area contributed by atoms with Crippen LogP contribution in [0.4, 0.5) is 4.39 Å². The number of carbonyl (C=O) groups is 1. The molecule has 0 bridgehead atoms. The van der Waals surface area contributed by atoms with E-state index in [0.717, 1.165) is 19.2 Å². The first-order valence-electron chi connectivity index (χ1n) is 4.72. The molecule has 1 aromatic rings. The van der Waals surface area contributed by atoms with E-state index in [1.165, 1.54) is 0 Å². The van der Waals surface area contributed by atoms with Crippen molar-refractivity contribution in [1.29, 1.82) is 0 Å². The average molecular weight is 276 g/mol. The fraction of sp³-hybridized carbons (Fsp3) is 0.200. The fourth-order valence-corrected chi connectivity index (χ4v) is 1.54. The van der Waals surface area contributed by atoms with Crippen molar-refractivity contribution in [2.45, 2.75) is 6.04 Å². The summed E-state index contributed by atoms with van der Waals surface area (Å²) in [7, 11) is 1.15. The number of halogens is 2. The number of carbonyl (C=O) groups excluding carboxylic acids is 1. The Morgan fingerprint density at radius 2 is 2.22 bits per heavy atom. The van der Waals surface area contributed by atoms with Crippen molar-refractivity contribution in [3.8, 4) is 0 Å². The highest BCUT2D eigenvalue weighted by Crippen LogP contribution is 2.25. The first-order chi connectivity index (χ1) is 8.42. The summed E-state index contributed by atoms with van der Waals surface area (Å²) < 4.78 is 18.2. The van der Waals surface area contributed by atoms with Crippen LogP contribution < -0.4 is 11.5 Å². The van der Waals surface area contributed by atoms with Crippen molar-refractivity contribution in [3.63, 3.8) is 0 Å². The quantitative estimate of drug-likeness (QED) is 0.251. The highest BCUT2D eigenvalue weighted by Gasteiger charge is 2.20. The summed E-state index contributed by atoms with van der Waals surface area (Å²) in [5.74, 6) is -1.96. The van der Waals surface area contributed by atoms with Gasteiger partial charge in [-0.3, -0.25) is 0 Å². The number of oxime groups is 1. The fourth-order valence-electron chi connectivity index (χ4n) is 1.29. The highest BCUT2D eigenvalue weighted by molar-refractivity contribution is 6.33. The molecule has 0 saturated carbocycles. The monoisotopic (exact) mass is 275 g/mol. The molecule has 0 fully saturated rings. The van der Waals surface area contributed by atoms with E-state index in [1.54, 1.807) is 0 Å². The van der Waals surface area contributed by atoms with Gasteiger partial charge in [0.1, 0.15) is 5.82 Å². The molecule has 0 aliphatic carbocycles. The normalized spacial score (nSPS) is 13.2. The van der Waals surface area contributed by atoms with Crippen LogP contribution >= 0.6 is 11.6 Å². The van der Waals surface area contributed by atoms with E-state index >= 15 is 0 Å². The number of nitrogens with zero attached hydrogens (tertiary/aromatic N) is 1. The van der Waals surface area contributed by atoms with Crippen LogP contribution in [0.1, 0.15) is 22.0 Å². The molecule has 1 aromatic carbocycles. The maximum absolute atomic E-state index is 13.7. The maximum atomic E-state index is 13.7. The zero-order valence-corrected chi connectivity index (χ0v) is 10.1. The zero-order chi connectivity index (χ0) is 13.9. The van der Waals surface area contributed by atoms with E-state index in [4.69, 9.17) is 28.3 Å². The van der Waals surface area contributed by atoms with Gasteiger partial charge < -0.3 is 21.4 Å². The molecule has 1 rings (SSSR count). The summed E-state index contributed by atoms with van der Waals surface area (Å²) in [6, 6.07) is 0.846. The molecule has 1 unspecified atom stereocenters. The summed E-state index contributed by atoms with van der Waals surface area (Å²) >= 11 is 5.80. The Hall–Kier alpha value is -1.86. The average Bonchev–Trinajstić information content (AvgIpc) is 2.38. The zero-order valence-electron chi connectivity index (χ0n) is 9.35. The largest absolute Gasteiger partial charge is 0.465 e. The van der Waals surface area contributed by atoms with E-state index in [1.807, 2.05) is 0 Å². The van der Waals surface area contributed by atoms with Crippen LogP contribution in [-0.2, 0) is 4.74 Å². The van der Waals surface area contributed by atoms with Crippen LogP contribution in [0, 0.1) is 5.82 Å². The van der Waals surface area contributed by atoms with Gasteiger partial charge in [0.2, 0.25) is 0 Å². The van der Waals surface area contributed by atoms with E-state index in [9.17, 15) is 9.18 Å². The SMILES string of the molecule is COC(=O)c1cc(F)c(C(N)/C(N)=N/O)cc1Cl. The number of hydrogen-bond donors (Lipinski definition) is 3. The second-order valence-electron chi connectivity index (χ2n) is 3.35. The minimum Gasteiger partial charge on any atom is -0.465 e. The molecule has 0 heterocycles. The molecule has 0 radical (unpaired) electrons. The van der Waals surface area contributed by atoms with Gasteiger partial charge in [0.05, 0.1) is 23.7 Å². The van der Waals surface area contributed by atoms with Crippen LogP contribution in [0.2, 0.25) is 5.02 Å². The van der Waals surface area contributed by atoms with Crippen molar-refractivity contribution in [2.75, 3.05) is 7.11 Å². The van der Waals surface area contributed by atoms with Crippen LogP contribution in [-0.4, -0.2) is 24.1 Å². The molecule has 0 aliphatic rings. The molecule has 5 N–H and O–H groups in total. The molecule has 0 spiro atoms. The van der Waals surface area contributed by atoms with Gasteiger partial charge in [-0.15, -0.1) is 0 Å². The lowest BCUT2D eigenvalue weighted by Gasteiger charge is -2.13. The van der Waals surface area contributed by atoms with E-state index in [0.29, 0.717) is 0 Å². The summed E-state index contributed by atoms with van der Waals surface area (Å²) in [6.07, 6.45) is 0. The Morgan fingerprint density at radius 3 is 2.72 bits per heavy atom. The van der Waals surface area contributed by atoms with Crippen molar-refractivity contribution in [2.24, 2.45) is 16.6 Å². The van der Waals surface area contributed by atoms with Crippen LogP contribution in [0.25, 0.3) is 0 Å². The topological polar surface area (TPSA) is 111 Å². The standard InChI is InChI=1S/C10H11ClFN3O3/c1-18-10(16)4-3-7(12)5(2-6(4)11)8(13)9(14)15-17/h2-3,8,17H,13H2,1H3,(H2,14,15). The van der Waals surface area contributed by atoms with Crippen LogP contribution in [0.5, 0.6) is 0 Å². The molecular formula is C10H11ClFN3O3. The predicted molar refractivity (Wildman–Crippen MR) is 63.1 cm³/mol. The number of nitrogens with two attached hydrogens (primary N) is 2. The third-order valence-electron chi connectivity index (χ3n) is 2.26. The van der Waals surface area contributed by atoms with E-state index in [2.05, 4.69) is 9.89 Å². The summed E-state index contributed by atoms with van der Waals surface area (Å²) in [5, 5.41) is 11.1. The van der Waals surface area contributed by atoms with Crippen LogP contribution in [0.3, 0.4) is 0 Å². The van der Waals surface area contributed by atoms with Gasteiger partial charge in [0, 0.05) is 5.56 Å². The molecule has 98 valence electrons. The van der Waals surface area contributed by atoms with Gasteiger partial charge in [0.15, 0.2) is 5.84 Å². The van der Waals surface area contributed by atoms with Gasteiger partial charge in [0.25, 0.3) is 0 Å². The Kier molecular flexibility index (Phi) is 4.46. The van der Waals surface area contributed by atoms with E-state index in [-0.39, 0.29) is 22.0 Å². The number of hydrogen-bond acceptors (Lipinski definition) is 5. The van der Waals surface area contributed by atoms with Crippen molar-refractivity contribution in [1.82, 2.24) is 0 Å². The maximum Gasteiger partial charge on any atom is 0.339 e. The molecule has 0 aromatic heterocycles. The highest BCUT2D eigenvalue weighted by atomic mass is 35.5. The number of ether oxygens (including phenoxy) is 1. The number of methoxy groups -OCH3 is 1. The predicted octanol–water partition coefficient (Wildman–Crippen LogP) is 1.01. The Labute approximate surface area is 107 Å². The lowest BCUT2D eigenvalue weighted by molar-refractivity contribution is 0.0600. The van der Waals surface area contributed by atoms with Crippen molar-refractivity contribution < 1.29 is 19.1 Å². The molecule has 1 atom stereocenters. The van der Waals surface area contributed by atoms with Gasteiger partial charge in [-0.2, -0.15) is 0 Å². The lowest BCUT2D eigenvalue weighted by Crippen LogP contribution is -2.29. The Balaban J connectivity index is 3.27. The number of rotatable bonds is 3. The molecular weight excluding hydrogens is 265 g/mol. The van der Waals surface area contributed by atoms with Crippen molar-refractivity contribution >= 4 is 23.4 Å². The second kappa shape index (κ2) is 5.65. The first-order valence-corrected chi connectivity index (χ1v) is 5.10. The minimum atomic E-state index is -1.17. The smallest absolute Gasteiger partial charge is 0.339 e. The number of amidine groups is 1. The molecule has 8 heteroatoms. The summed E-state index contributed by atoms with van der Waals surface area (Å²) in [4.78, 5) is 11.3. The second-order valence-corrected chi connectivity index (χ2v) is 3.75. The van der Waals surface area contributed by atoms with Gasteiger partial charge in [-0.25, -0.2) is 9.18 Å². The summed E-state index contributed by atoms with van der Waals surface area (Å²) in [6.45, 7) is 0. The Morgan fingerprint density at radius 1 is 1.61 bits per heavy atom. The molecule has 6 nitrogen and oxygen atoms in total. The van der Waals surface area contributed by atoms with Crippen molar-refractivity contribution in [3.05, 3.63) is 34.1 Å². The third-order valence-corrected chi connectivity index (χ3v) is 2.57. The molecule has 0 aliphatic heterocycles. The minimum absolute atomic E-state index is 0.0422. The number of benzene rings is 1. The Bertz CT molecular complexity index is 507. The van der Waals surface area contributed by atoms with Gasteiger partial charge >= 0.3 is 5.97 Å². The first kappa shape index (κ1) is 14.2. The van der Waals surface area contributed by atoms with Gasteiger partial charge in [-0.1, -0.05) is 16.8 Å². The third kappa shape index (κ3) is 2.69. The molecule has 0 saturated heterocycles.